The van der Waals surface area contributed by atoms with Crippen LogP contribution in [0.5, 0.6) is 5.75 Å². The van der Waals surface area contributed by atoms with Crippen LogP contribution in [0.25, 0.3) is 0 Å². The molecular formula is C22H28N2O. The molecule has 1 saturated heterocycles. The zero-order valence-electron chi connectivity index (χ0n) is 15.0. The van der Waals surface area contributed by atoms with Crippen LogP contribution in [0.3, 0.4) is 0 Å². The van der Waals surface area contributed by atoms with Crippen LogP contribution in [0.1, 0.15) is 36.9 Å². The highest BCUT2D eigenvalue weighted by molar-refractivity contribution is 5.20. The molecule has 2 unspecified atom stereocenters. The molecule has 1 aromatic heterocycles. The molecule has 1 saturated carbocycles. The molecule has 1 aliphatic heterocycles. The van der Waals surface area contributed by atoms with E-state index in [2.05, 4.69) is 47.1 Å². The summed E-state index contributed by atoms with van der Waals surface area (Å²) >= 11 is 0. The van der Waals surface area contributed by atoms with Gasteiger partial charge in [0.1, 0.15) is 5.75 Å². The van der Waals surface area contributed by atoms with Crippen molar-refractivity contribution in [1.29, 1.82) is 0 Å². The van der Waals surface area contributed by atoms with Crippen molar-refractivity contribution in [3.05, 3.63) is 59.9 Å². The average molecular weight is 336 g/mol. The lowest BCUT2D eigenvalue weighted by atomic mass is 9.96. The van der Waals surface area contributed by atoms with Crippen molar-refractivity contribution in [3.8, 4) is 5.75 Å². The number of benzene rings is 1. The Morgan fingerprint density at radius 1 is 1.08 bits per heavy atom. The first-order valence-corrected chi connectivity index (χ1v) is 9.58. The topological polar surface area (TPSA) is 36.4 Å². The number of nitrogens with zero attached hydrogens (tertiary/aromatic N) is 2. The standard InChI is InChI=1S/C22H28N2O/c1-16(22-8-7-21(25)12-23-22)13-24-14-19-10-18(11-20(19)15-24)9-17-5-3-2-4-6-17/h2-8,12,16,18-20,25H,9-11,13-15H2,1H3/t16?,18?,19-,20+. The Bertz CT molecular complexity index is 671. The smallest absolute Gasteiger partial charge is 0.133 e. The Hall–Kier alpha value is -1.87. The lowest BCUT2D eigenvalue weighted by molar-refractivity contribution is 0.282. The maximum Gasteiger partial charge on any atom is 0.133 e. The van der Waals surface area contributed by atoms with E-state index in [9.17, 15) is 5.11 Å². The third-order valence-corrected chi connectivity index (χ3v) is 6.10. The van der Waals surface area contributed by atoms with Crippen molar-refractivity contribution in [1.82, 2.24) is 9.88 Å². The molecule has 0 spiro atoms. The van der Waals surface area contributed by atoms with Gasteiger partial charge in [-0.3, -0.25) is 4.98 Å². The number of likely N-dealkylation sites (tertiary alicyclic amines) is 1. The van der Waals surface area contributed by atoms with Crippen molar-refractivity contribution < 1.29 is 5.11 Å². The van der Waals surface area contributed by atoms with E-state index in [0.29, 0.717) is 5.92 Å². The van der Waals surface area contributed by atoms with E-state index in [1.807, 2.05) is 6.07 Å². The molecular weight excluding hydrogens is 308 g/mol. The van der Waals surface area contributed by atoms with Crippen molar-refractivity contribution in [3.63, 3.8) is 0 Å². The average Bonchev–Trinajstić information content (AvgIpc) is 3.14. The van der Waals surface area contributed by atoms with E-state index < -0.39 is 0 Å². The second-order valence-corrected chi connectivity index (χ2v) is 8.11. The molecule has 3 nitrogen and oxygen atoms in total. The van der Waals surface area contributed by atoms with Gasteiger partial charge in [-0.15, -0.1) is 0 Å². The van der Waals surface area contributed by atoms with E-state index in [-0.39, 0.29) is 5.75 Å². The molecule has 1 aliphatic carbocycles. The highest BCUT2D eigenvalue weighted by atomic mass is 16.3. The largest absolute Gasteiger partial charge is 0.506 e. The van der Waals surface area contributed by atoms with Gasteiger partial charge in [-0.2, -0.15) is 0 Å². The molecule has 2 heterocycles. The van der Waals surface area contributed by atoms with E-state index in [0.717, 1.165) is 30.0 Å². The van der Waals surface area contributed by atoms with Crippen LogP contribution in [0.2, 0.25) is 0 Å². The van der Waals surface area contributed by atoms with Crippen LogP contribution < -0.4 is 0 Å². The summed E-state index contributed by atoms with van der Waals surface area (Å²) in [6, 6.07) is 14.7. The third-order valence-electron chi connectivity index (χ3n) is 6.10. The Morgan fingerprint density at radius 2 is 1.80 bits per heavy atom. The Morgan fingerprint density at radius 3 is 2.44 bits per heavy atom. The van der Waals surface area contributed by atoms with Gasteiger partial charge in [0.15, 0.2) is 0 Å². The van der Waals surface area contributed by atoms with Gasteiger partial charge in [0.25, 0.3) is 0 Å². The summed E-state index contributed by atoms with van der Waals surface area (Å²) in [6.45, 7) is 5.82. The first kappa shape index (κ1) is 16.6. The minimum atomic E-state index is 0.246. The lowest BCUT2D eigenvalue weighted by Gasteiger charge is -2.22. The minimum absolute atomic E-state index is 0.246. The van der Waals surface area contributed by atoms with E-state index in [1.54, 1.807) is 12.3 Å². The molecule has 4 rings (SSSR count). The van der Waals surface area contributed by atoms with Crippen LogP contribution in [0.4, 0.5) is 0 Å². The second kappa shape index (κ2) is 7.17. The normalized spacial score (nSPS) is 27.3. The van der Waals surface area contributed by atoms with Crippen LogP contribution in [-0.2, 0) is 6.42 Å². The number of hydrogen-bond acceptors (Lipinski definition) is 3. The maximum absolute atomic E-state index is 9.39. The number of pyridine rings is 1. The Kier molecular flexibility index (Phi) is 4.76. The lowest BCUT2D eigenvalue weighted by Crippen LogP contribution is -2.27. The number of aromatic nitrogens is 1. The Labute approximate surface area is 150 Å². The van der Waals surface area contributed by atoms with Crippen LogP contribution in [-0.4, -0.2) is 34.6 Å². The molecule has 1 aromatic carbocycles. The van der Waals surface area contributed by atoms with Crippen LogP contribution in [0.15, 0.2) is 48.7 Å². The van der Waals surface area contributed by atoms with Gasteiger partial charge in [-0.25, -0.2) is 0 Å². The summed E-state index contributed by atoms with van der Waals surface area (Å²) in [7, 11) is 0. The van der Waals surface area contributed by atoms with Gasteiger partial charge in [0.2, 0.25) is 0 Å². The Balaban J connectivity index is 1.28. The number of rotatable bonds is 5. The maximum atomic E-state index is 9.39. The highest BCUT2D eigenvalue weighted by Gasteiger charge is 2.40. The van der Waals surface area contributed by atoms with Gasteiger partial charge < -0.3 is 10.0 Å². The summed E-state index contributed by atoms with van der Waals surface area (Å²) < 4.78 is 0. The third kappa shape index (κ3) is 3.87. The molecule has 0 bridgehead atoms. The molecule has 0 amide bonds. The van der Waals surface area contributed by atoms with Gasteiger partial charge in [-0.1, -0.05) is 37.3 Å². The minimum Gasteiger partial charge on any atom is -0.506 e. The molecule has 2 fully saturated rings. The van der Waals surface area contributed by atoms with Crippen molar-refractivity contribution >= 4 is 0 Å². The van der Waals surface area contributed by atoms with Gasteiger partial charge >= 0.3 is 0 Å². The predicted molar refractivity (Wildman–Crippen MR) is 101 cm³/mol. The first-order chi connectivity index (χ1) is 12.2. The molecule has 2 aromatic rings. The number of hydrogen-bond donors (Lipinski definition) is 1. The predicted octanol–water partition coefficient (Wildman–Crippen LogP) is 4.09. The van der Waals surface area contributed by atoms with Crippen LogP contribution in [0, 0.1) is 17.8 Å². The molecule has 3 heteroatoms. The zero-order chi connectivity index (χ0) is 17.2. The van der Waals surface area contributed by atoms with E-state index >= 15 is 0 Å². The molecule has 0 radical (unpaired) electrons. The molecule has 132 valence electrons. The SMILES string of the molecule is CC(CN1C[C@H]2CC(Cc3ccccc3)C[C@H]2C1)c1ccc(O)cn1. The van der Waals surface area contributed by atoms with Gasteiger partial charge in [0, 0.05) is 31.2 Å². The highest BCUT2D eigenvalue weighted by Crippen LogP contribution is 2.43. The van der Waals surface area contributed by atoms with Crippen molar-refractivity contribution in [2.75, 3.05) is 19.6 Å². The summed E-state index contributed by atoms with van der Waals surface area (Å²) in [5.41, 5.74) is 2.58. The van der Waals surface area contributed by atoms with Crippen molar-refractivity contribution in [2.24, 2.45) is 17.8 Å². The fourth-order valence-electron chi connectivity index (χ4n) is 4.96. The van der Waals surface area contributed by atoms with Gasteiger partial charge in [-0.05, 0) is 54.7 Å². The van der Waals surface area contributed by atoms with Gasteiger partial charge in [0.05, 0.1) is 6.20 Å². The first-order valence-electron chi connectivity index (χ1n) is 9.58. The molecule has 1 N–H and O–H groups in total. The monoisotopic (exact) mass is 336 g/mol. The fraction of sp³-hybridized carbons (Fsp3) is 0.500. The fourth-order valence-corrected chi connectivity index (χ4v) is 4.96. The molecule has 2 aliphatic rings. The summed E-state index contributed by atoms with van der Waals surface area (Å²) in [6.07, 6.45) is 5.59. The van der Waals surface area contributed by atoms with Crippen molar-refractivity contribution in [2.45, 2.75) is 32.1 Å². The number of aromatic hydroxyl groups is 1. The number of fused-ring (bicyclic) bond motifs is 1. The molecule has 4 atom stereocenters. The summed E-state index contributed by atoms with van der Waals surface area (Å²) in [5.74, 6) is 3.30. The zero-order valence-corrected chi connectivity index (χ0v) is 15.0. The van der Waals surface area contributed by atoms with Crippen LogP contribution >= 0.6 is 0 Å². The van der Waals surface area contributed by atoms with E-state index in [4.69, 9.17) is 0 Å². The second-order valence-electron chi connectivity index (χ2n) is 8.11. The quantitative estimate of drug-likeness (QED) is 0.893. The summed E-state index contributed by atoms with van der Waals surface area (Å²) in [5, 5.41) is 9.39. The van der Waals surface area contributed by atoms with E-state index in [1.165, 1.54) is 37.9 Å². The summed E-state index contributed by atoms with van der Waals surface area (Å²) in [4.78, 5) is 7.01. The molecule has 25 heavy (non-hydrogen) atoms.